The van der Waals surface area contributed by atoms with E-state index in [2.05, 4.69) is 69.5 Å². The first-order chi connectivity index (χ1) is 16.0. The van der Waals surface area contributed by atoms with Gasteiger partial charge in [0, 0.05) is 29.3 Å². The molecule has 34 heavy (non-hydrogen) atoms. The van der Waals surface area contributed by atoms with Crippen LogP contribution in [0.3, 0.4) is 0 Å². The van der Waals surface area contributed by atoms with Gasteiger partial charge in [0.15, 0.2) is 0 Å². The summed E-state index contributed by atoms with van der Waals surface area (Å²) in [6.07, 6.45) is 2.14. The van der Waals surface area contributed by atoms with Gasteiger partial charge in [0.1, 0.15) is 17.6 Å². The van der Waals surface area contributed by atoms with Crippen LogP contribution in [0.25, 0.3) is 0 Å². The van der Waals surface area contributed by atoms with Crippen LogP contribution < -0.4 is 0 Å². The van der Waals surface area contributed by atoms with Gasteiger partial charge in [-0.15, -0.1) is 0 Å². The van der Waals surface area contributed by atoms with E-state index in [1.807, 2.05) is 11.2 Å². The molecule has 0 amide bonds. The molecule has 1 aliphatic rings. The zero-order valence-electron chi connectivity index (χ0n) is 20.8. The second-order valence-corrected chi connectivity index (χ2v) is 11.7. The van der Waals surface area contributed by atoms with Crippen molar-refractivity contribution in [1.29, 1.82) is 9.56 Å². The Balaban J connectivity index is 1.87. The second kappa shape index (κ2) is 10.7. The Morgan fingerprint density at radius 1 is 1.18 bits per heavy atom. The standard InChI is InChI=1S/C28H37N3O2S/c1-19-7-10-25(11-8-19)12-14-26(15-21(3)32)27-13-9-20(2)28(16-27)18-31-17-22(4)33-23(5)24(6)34(31,29)30/h7-11,13,16,22,26,29-30H,5-6,12,14-15,17-18H2,1-4H3/t22-,26?/m1/s1. The van der Waals surface area contributed by atoms with Gasteiger partial charge in [-0.3, -0.25) is 9.56 Å². The lowest BCUT2D eigenvalue weighted by atomic mass is 9.87. The van der Waals surface area contributed by atoms with E-state index in [0.717, 1.165) is 29.5 Å². The van der Waals surface area contributed by atoms with Gasteiger partial charge in [-0.25, -0.2) is 4.31 Å². The van der Waals surface area contributed by atoms with Crippen LogP contribution in [-0.4, -0.2) is 22.7 Å². The summed E-state index contributed by atoms with van der Waals surface area (Å²) in [7, 11) is -2.78. The van der Waals surface area contributed by atoms with E-state index < -0.39 is 9.81 Å². The summed E-state index contributed by atoms with van der Waals surface area (Å²) in [5.74, 6) is 0.659. The number of aryl methyl sites for hydroxylation is 3. The monoisotopic (exact) mass is 479 g/mol. The summed E-state index contributed by atoms with van der Waals surface area (Å²) in [6, 6.07) is 15.0. The predicted octanol–water partition coefficient (Wildman–Crippen LogP) is 6.84. The second-order valence-electron chi connectivity index (χ2n) is 9.49. The Morgan fingerprint density at radius 2 is 1.85 bits per heavy atom. The van der Waals surface area contributed by atoms with Crippen LogP contribution in [-0.2, 0) is 32.3 Å². The summed E-state index contributed by atoms with van der Waals surface area (Å²) >= 11 is 0. The molecule has 2 aromatic rings. The van der Waals surface area contributed by atoms with Crippen molar-refractivity contribution in [3.63, 3.8) is 0 Å². The third kappa shape index (κ3) is 6.24. The van der Waals surface area contributed by atoms with E-state index in [1.54, 1.807) is 6.92 Å². The third-order valence-electron chi connectivity index (χ3n) is 6.49. The summed E-state index contributed by atoms with van der Waals surface area (Å²) in [4.78, 5) is 12.4. The van der Waals surface area contributed by atoms with Crippen molar-refractivity contribution in [2.75, 3.05) is 6.54 Å². The van der Waals surface area contributed by atoms with Crippen molar-refractivity contribution in [3.05, 3.63) is 94.1 Å². The lowest BCUT2D eigenvalue weighted by Gasteiger charge is -2.27. The Morgan fingerprint density at radius 3 is 2.50 bits per heavy atom. The normalized spacial score (nSPS) is 19.4. The molecule has 1 saturated heterocycles. The average molecular weight is 480 g/mol. The van der Waals surface area contributed by atoms with Crippen molar-refractivity contribution in [3.8, 4) is 0 Å². The van der Waals surface area contributed by atoms with E-state index in [9.17, 15) is 4.79 Å². The molecule has 2 N–H and O–H groups in total. The maximum atomic E-state index is 12.1. The molecule has 0 saturated carbocycles. The van der Waals surface area contributed by atoms with Crippen molar-refractivity contribution in [2.45, 2.75) is 65.5 Å². The van der Waals surface area contributed by atoms with Gasteiger partial charge in [0.05, 0.1) is 4.91 Å². The number of nitrogens with zero attached hydrogens (tertiary/aromatic N) is 1. The maximum Gasteiger partial charge on any atom is 0.130 e. The summed E-state index contributed by atoms with van der Waals surface area (Å²) in [6.45, 7) is 16.5. The van der Waals surface area contributed by atoms with Crippen LogP contribution in [0.1, 0.15) is 60.4 Å². The van der Waals surface area contributed by atoms with Gasteiger partial charge < -0.3 is 9.53 Å². The lowest BCUT2D eigenvalue weighted by Crippen LogP contribution is -2.33. The number of ether oxygens (including phenoxy) is 1. The molecule has 3 rings (SSSR count). The fourth-order valence-corrected chi connectivity index (χ4v) is 5.82. The van der Waals surface area contributed by atoms with Gasteiger partial charge in [-0.1, -0.05) is 61.2 Å². The molecule has 5 nitrogen and oxygen atoms in total. The van der Waals surface area contributed by atoms with Crippen LogP contribution in [0.4, 0.5) is 0 Å². The summed E-state index contributed by atoms with van der Waals surface area (Å²) in [5.41, 5.74) is 5.85. The number of carbonyl (C=O) groups is 1. The molecule has 0 spiro atoms. The SMILES string of the molecule is C=C1O[C@H](C)CN(Cc2cc(C(CCc3ccc(C)cc3)CC(C)=O)ccc2C)S(=N)(=N)C1=C. The van der Waals surface area contributed by atoms with E-state index in [4.69, 9.17) is 14.3 Å². The number of carbonyl (C=O) groups excluding carboxylic acids is 1. The number of Topliss-reactive ketones (excluding diaryl/α,β-unsaturated/α-hetero) is 1. The first-order valence-corrected chi connectivity index (χ1v) is 13.3. The fourth-order valence-electron chi connectivity index (χ4n) is 4.36. The Bertz CT molecular complexity index is 1180. The van der Waals surface area contributed by atoms with E-state index >= 15 is 0 Å². The van der Waals surface area contributed by atoms with E-state index in [0.29, 0.717) is 30.2 Å². The van der Waals surface area contributed by atoms with Crippen molar-refractivity contribution in [2.24, 2.45) is 0 Å². The van der Waals surface area contributed by atoms with Gasteiger partial charge in [-0.2, -0.15) is 0 Å². The predicted molar refractivity (Wildman–Crippen MR) is 141 cm³/mol. The number of hydrogen-bond acceptors (Lipinski definition) is 4. The molecule has 0 aliphatic carbocycles. The molecule has 0 aromatic heterocycles. The molecular weight excluding hydrogens is 442 g/mol. The highest BCUT2D eigenvalue weighted by Crippen LogP contribution is 2.31. The first-order valence-electron chi connectivity index (χ1n) is 11.7. The van der Waals surface area contributed by atoms with Crippen molar-refractivity contribution in [1.82, 2.24) is 4.31 Å². The zero-order chi connectivity index (χ0) is 25.0. The van der Waals surface area contributed by atoms with Gasteiger partial charge in [0.2, 0.25) is 0 Å². The van der Waals surface area contributed by atoms with Crippen LogP contribution in [0, 0.1) is 23.4 Å². The van der Waals surface area contributed by atoms with Crippen LogP contribution >= 0.6 is 0 Å². The Labute approximate surface area is 205 Å². The van der Waals surface area contributed by atoms with Gasteiger partial charge >= 0.3 is 0 Å². The summed E-state index contributed by atoms with van der Waals surface area (Å²) in [5, 5.41) is 0. The number of hydrogen-bond donors (Lipinski definition) is 2. The highest BCUT2D eigenvalue weighted by Gasteiger charge is 2.28. The molecule has 1 fully saturated rings. The lowest BCUT2D eigenvalue weighted by molar-refractivity contribution is -0.117. The Hall–Kier alpha value is -2.70. The van der Waals surface area contributed by atoms with Gasteiger partial charge in [0.25, 0.3) is 0 Å². The third-order valence-corrected chi connectivity index (χ3v) is 8.48. The van der Waals surface area contributed by atoms with Gasteiger partial charge in [-0.05, 0) is 68.7 Å². The quantitative estimate of drug-likeness (QED) is 0.435. The minimum absolute atomic E-state index is 0.128. The number of rotatable bonds is 8. The van der Waals surface area contributed by atoms with Crippen LogP contribution in [0.15, 0.2) is 66.3 Å². The highest BCUT2D eigenvalue weighted by molar-refractivity contribution is 7.95. The molecule has 182 valence electrons. The molecule has 1 heterocycles. The highest BCUT2D eigenvalue weighted by atomic mass is 32.2. The molecule has 1 unspecified atom stereocenters. The topological polar surface area (TPSA) is 77.2 Å². The molecule has 0 bridgehead atoms. The minimum Gasteiger partial charge on any atom is -0.489 e. The number of ketones is 1. The molecule has 1 aliphatic heterocycles. The maximum absolute atomic E-state index is 12.1. The molecule has 0 radical (unpaired) electrons. The Kier molecular flexibility index (Phi) is 8.16. The molecule has 2 atom stereocenters. The molecule has 6 heteroatoms. The van der Waals surface area contributed by atoms with E-state index in [1.165, 1.54) is 11.1 Å². The number of benzene rings is 2. The minimum atomic E-state index is -2.78. The van der Waals surface area contributed by atoms with Crippen LogP contribution in [0.2, 0.25) is 0 Å². The van der Waals surface area contributed by atoms with Crippen LogP contribution in [0.5, 0.6) is 0 Å². The van der Waals surface area contributed by atoms with Crippen molar-refractivity contribution < 1.29 is 9.53 Å². The first kappa shape index (κ1) is 25.9. The fraction of sp³-hybridized carbons (Fsp3) is 0.393. The zero-order valence-corrected chi connectivity index (χ0v) is 21.6. The smallest absolute Gasteiger partial charge is 0.130 e. The molecule has 2 aromatic carbocycles. The average Bonchev–Trinajstić information content (AvgIpc) is 2.83. The molecular formula is C28H37N3O2S. The summed E-state index contributed by atoms with van der Waals surface area (Å²) < 4.78 is 25.1. The number of nitrogens with one attached hydrogen (secondary N) is 2. The van der Waals surface area contributed by atoms with Crippen molar-refractivity contribution >= 4 is 15.6 Å². The largest absolute Gasteiger partial charge is 0.489 e. The van der Waals surface area contributed by atoms with E-state index in [-0.39, 0.29) is 17.8 Å².